The highest BCUT2D eigenvalue weighted by atomic mass is 16.5. The summed E-state index contributed by atoms with van der Waals surface area (Å²) in [6, 6.07) is 10.7. The molecule has 2 aliphatic rings. The summed E-state index contributed by atoms with van der Waals surface area (Å²) in [6.45, 7) is 7.85. The number of hydrogen-bond acceptors (Lipinski definition) is 4. The van der Waals surface area contributed by atoms with Gasteiger partial charge in [-0.05, 0) is 12.0 Å². The minimum Gasteiger partial charge on any atom is -0.393 e. The van der Waals surface area contributed by atoms with Gasteiger partial charge in [0.25, 0.3) is 0 Å². The van der Waals surface area contributed by atoms with Gasteiger partial charge in [0.05, 0.1) is 12.7 Å². The minimum absolute atomic E-state index is 0.180. The van der Waals surface area contributed by atoms with E-state index in [0.29, 0.717) is 19.1 Å². The van der Waals surface area contributed by atoms with Gasteiger partial charge in [-0.2, -0.15) is 0 Å². The highest BCUT2D eigenvalue weighted by Gasteiger charge is 2.27. The third kappa shape index (κ3) is 4.27. The van der Waals surface area contributed by atoms with Crippen LogP contribution in [0.25, 0.3) is 0 Å². The third-order valence-electron chi connectivity index (χ3n) is 4.64. The second kappa shape index (κ2) is 7.36. The van der Waals surface area contributed by atoms with E-state index in [1.54, 1.807) is 0 Å². The van der Waals surface area contributed by atoms with Gasteiger partial charge in [-0.15, -0.1) is 0 Å². The molecule has 0 aromatic heterocycles. The average Bonchev–Trinajstić information content (AvgIpc) is 2.52. The van der Waals surface area contributed by atoms with E-state index < -0.39 is 0 Å². The van der Waals surface area contributed by atoms with Crippen LogP contribution in [0.5, 0.6) is 0 Å². The molecule has 1 aromatic rings. The Kier molecular flexibility index (Phi) is 5.25. The zero-order valence-electron chi connectivity index (χ0n) is 12.7. The molecule has 4 heteroatoms. The van der Waals surface area contributed by atoms with Gasteiger partial charge in [-0.1, -0.05) is 30.3 Å². The summed E-state index contributed by atoms with van der Waals surface area (Å²) in [5.41, 5.74) is 1.39. The molecule has 4 nitrogen and oxygen atoms in total. The fourth-order valence-electron chi connectivity index (χ4n) is 3.26. The van der Waals surface area contributed by atoms with Crippen molar-refractivity contribution in [1.29, 1.82) is 0 Å². The van der Waals surface area contributed by atoms with Crippen LogP contribution in [0.15, 0.2) is 30.3 Å². The summed E-state index contributed by atoms with van der Waals surface area (Å²) >= 11 is 0. The largest absolute Gasteiger partial charge is 0.393 e. The first-order chi connectivity index (χ1) is 10.3. The summed E-state index contributed by atoms with van der Waals surface area (Å²) in [5.74, 6) is 0.291. The lowest BCUT2D eigenvalue weighted by molar-refractivity contribution is -0.0504. The Morgan fingerprint density at radius 2 is 1.76 bits per heavy atom. The summed E-state index contributed by atoms with van der Waals surface area (Å²) in [4.78, 5) is 4.99. The molecule has 0 amide bonds. The van der Waals surface area contributed by atoms with Gasteiger partial charge in [-0.3, -0.25) is 4.90 Å². The average molecular weight is 290 g/mol. The lowest BCUT2D eigenvalue weighted by Gasteiger charge is -2.38. The normalized spacial score (nSPS) is 28.6. The Morgan fingerprint density at radius 1 is 1.05 bits per heavy atom. The molecule has 0 saturated carbocycles. The Labute approximate surface area is 127 Å². The number of rotatable bonds is 4. The number of nitrogens with zero attached hydrogens (tertiary/aromatic N) is 2. The van der Waals surface area contributed by atoms with Gasteiger partial charge in [-0.25, -0.2) is 0 Å². The molecule has 2 heterocycles. The first-order valence-corrected chi connectivity index (χ1v) is 8.06. The van der Waals surface area contributed by atoms with Crippen LogP contribution in [0, 0.1) is 5.92 Å². The van der Waals surface area contributed by atoms with E-state index in [1.165, 1.54) is 5.56 Å². The number of aliphatic hydroxyl groups is 1. The summed E-state index contributed by atoms with van der Waals surface area (Å²) in [7, 11) is 0. The van der Waals surface area contributed by atoms with Gasteiger partial charge in [0, 0.05) is 51.8 Å². The first-order valence-electron chi connectivity index (χ1n) is 8.06. The van der Waals surface area contributed by atoms with Crippen LogP contribution >= 0.6 is 0 Å². The molecule has 0 bridgehead atoms. The van der Waals surface area contributed by atoms with Crippen molar-refractivity contribution in [3.63, 3.8) is 0 Å². The van der Waals surface area contributed by atoms with Crippen molar-refractivity contribution in [2.45, 2.75) is 19.1 Å². The number of hydrogen-bond donors (Lipinski definition) is 1. The molecule has 2 aliphatic heterocycles. The van der Waals surface area contributed by atoms with E-state index in [2.05, 4.69) is 40.1 Å². The van der Waals surface area contributed by atoms with E-state index in [0.717, 1.165) is 45.7 Å². The monoisotopic (exact) mass is 290 g/mol. The van der Waals surface area contributed by atoms with Crippen molar-refractivity contribution >= 4 is 0 Å². The summed E-state index contributed by atoms with van der Waals surface area (Å²) in [6.07, 6.45) is 0.611. The standard InChI is InChI=1S/C17H26N2O2/c20-17-6-11-21-14-16(17)13-19-9-7-18(8-10-19)12-15-4-2-1-3-5-15/h1-5,16-17,20H,6-14H2. The van der Waals surface area contributed by atoms with Crippen molar-refractivity contribution < 1.29 is 9.84 Å². The van der Waals surface area contributed by atoms with E-state index in [1.807, 2.05) is 0 Å². The van der Waals surface area contributed by atoms with E-state index in [-0.39, 0.29) is 6.10 Å². The number of ether oxygens (including phenoxy) is 1. The molecule has 3 rings (SSSR count). The van der Waals surface area contributed by atoms with Gasteiger partial charge in [0.1, 0.15) is 0 Å². The molecule has 0 aliphatic carbocycles. The maximum Gasteiger partial charge on any atom is 0.0624 e. The van der Waals surface area contributed by atoms with Crippen LogP contribution in [0.1, 0.15) is 12.0 Å². The molecular formula is C17H26N2O2. The molecule has 2 unspecified atom stereocenters. The highest BCUT2D eigenvalue weighted by Crippen LogP contribution is 2.17. The summed E-state index contributed by atoms with van der Waals surface area (Å²) in [5, 5.41) is 10.0. The molecule has 2 atom stereocenters. The topological polar surface area (TPSA) is 35.9 Å². The van der Waals surface area contributed by atoms with Gasteiger partial charge < -0.3 is 14.7 Å². The van der Waals surface area contributed by atoms with E-state index >= 15 is 0 Å². The Morgan fingerprint density at radius 3 is 2.48 bits per heavy atom. The van der Waals surface area contributed by atoms with Gasteiger partial charge in [0.2, 0.25) is 0 Å². The maximum absolute atomic E-state index is 10.0. The second-order valence-electron chi connectivity index (χ2n) is 6.25. The van der Waals surface area contributed by atoms with Crippen molar-refractivity contribution in [3.05, 3.63) is 35.9 Å². The molecule has 1 N–H and O–H groups in total. The minimum atomic E-state index is -0.180. The predicted molar refractivity (Wildman–Crippen MR) is 83.1 cm³/mol. The molecular weight excluding hydrogens is 264 g/mol. The quantitative estimate of drug-likeness (QED) is 0.904. The predicted octanol–water partition coefficient (Wildman–Crippen LogP) is 1.20. The SMILES string of the molecule is OC1CCOCC1CN1CCN(Cc2ccccc2)CC1. The third-order valence-corrected chi connectivity index (χ3v) is 4.64. The lowest BCUT2D eigenvalue weighted by atomic mass is 9.98. The van der Waals surface area contributed by atoms with Gasteiger partial charge in [0.15, 0.2) is 0 Å². The van der Waals surface area contributed by atoms with Crippen molar-refractivity contribution in [2.24, 2.45) is 5.92 Å². The summed E-state index contributed by atoms with van der Waals surface area (Å²) < 4.78 is 5.50. The molecule has 0 spiro atoms. The van der Waals surface area contributed by atoms with Crippen molar-refractivity contribution in [3.8, 4) is 0 Å². The Hall–Kier alpha value is -0.940. The molecule has 1 aromatic carbocycles. The number of piperazine rings is 1. The van der Waals surface area contributed by atoms with Crippen LogP contribution in [0.2, 0.25) is 0 Å². The number of aliphatic hydroxyl groups excluding tert-OH is 1. The van der Waals surface area contributed by atoms with Crippen LogP contribution in [-0.2, 0) is 11.3 Å². The fourth-order valence-corrected chi connectivity index (χ4v) is 3.26. The first kappa shape index (κ1) is 15.0. The second-order valence-corrected chi connectivity index (χ2v) is 6.25. The Bertz CT molecular complexity index is 418. The molecule has 21 heavy (non-hydrogen) atoms. The molecule has 2 fully saturated rings. The van der Waals surface area contributed by atoms with Crippen molar-refractivity contribution in [2.75, 3.05) is 45.9 Å². The smallest absolute Gasteiger partial charge is 0.0624 e. The fraction of sp³-hybridized carbons (Fsp3) is 0.647. The molecule has 2 saturated heterocycles. The van der Waals surface area contributed by atoms with E-state index in [9.17, 15) is 5.11 Å². The lowest BCUT2D eigenvalue weighted by Crippen LogP contribution is -2.49. The van der Waals surface area contributed by atoms with Crippen LogP contribution in [0.4, 0.5) is 0 Å². The van der Waals surface area contributed by atoms with Gasteiger partial charge >= 0.3 is 0 Å². The van der Waals surface area contributed by atoms with Crippen LogP contribution < -0.4 is 0 Å². The van der Waals surface area contributed by atoms with Crippen LogP contribution in [-0.4, -0.2) is 66.9 Å². The zero-order valence-corrected chi connectivity index (χ0v) is 12.7. The zero-order chi connectivity index (χ0) is 14.5. The number of benzene rings is 1. The van der Waals surface area contributed by atoms with Crippen molar-refractivity contribution in [1.82, 2.24) is 9.80 Å². The van der Waals surface area contributed by atoms with Crippen LogP contribution in [0.3, 0.4) is 0 Å². The molecule has 0 radical (unpaired) electrons. The highest BCUT2D eigenvalue weighted by molar-refractivity contribution is 5.14. The maximum atomic E-state index is 10.0. The Balaban J connectivity index is 1.42. The van der Waals surface area contributed by atoms with E-state index in [4.69, 9.17) is 4.74 Å². The molecule has 116 valence electrons.